The standard InChI is InChI=1S/C22H27NO4/c1-17-7-2-3-11-21(17)26-14-6-12-22(24)23-18-8-4-9-19(15-18)27-16-20-10-5-13-25-20/h2-4,7-9,11,15,20H,5-6,10,12-14,16H2,1H3,(H,23,24). The number of hydrogen-bond acceptors (Lipinski definition) is 4. The van der Waals surface area contributed by atoms with E-state index in [0.29, 0.717) is 26.1 Å². The minimum Gasteiger partial charge on any atom is -0.493 e. The van der Waals surface area contributed by atoms with E-state index in [1.807, 2.05) is 55.5 Å². The lowest BCUT2D eigenvalue weighted by Crippen LogP contribution is -2.16. The summed E-state index contributed by atoms with van der Waals surface area (Å²) in [6, 6.07) is 15.4. The van der Waals surface area contributed by atoms with Crippen LogP contribution in [0, 0.1) is 6.92 Å². The molecule has 27 heavy (non-hydrogen) atoms. The Morgan fingerprint density at radius 3 is 2.89 bits per heavy atom. The molecule has 2 aromatic rings. The molecule has 5 heteroatoms. The minimum atomic E-state index is -0.0281. The molecular formula is C22H27NO4. The van der Waals surface area contributed by atoms with Crippen molar-refractivity contribution in [3.05, 3.63) is 54.1 Å². The van der Waals surface area contributed by atoms with Crippen molar-refractivity contribution in [2.45, 2.75) is 38.7 Å². The number of carbonyl (C=O) groups is 1. The number of anilines is 1. The van der Waals surface area contributed by atoms with E-state index in [9.17, 15) is 4.79 Å². The maximum atomic E-state index is 12.1. The quantitative estimate of drug-likeness (QED) is 0.668. The molecule has 0 bridgehead atoms. The third kappa shape index (κ3) is 6.29. The summed E-state index contributed by atoms with van der Waals surface area (Å²) in [4.78, 5) is 12.1. The van der Waals surface area contributed by atoms with E-state index < -0.39 is 0 Å². The summed E-state index contributed by atoms with van der Waals surface area (Å²) >= 11 is 0. The molecule has 1 fully saturated rings. The largest absolute Gasteiger partial charge is 0.493 e. The average Bonchev–Trinajstić information content (AvgIpc) is 3.19. The van der Waals surface area contributed by atoms with Crippen LogP contribution in [0.4, 0.5) is 5.69 Å². The molecule has 1 aliphatic heterocycles. The van der Waals surface area contributed by atoms with Gasteiger partial charge >= 0.3 is 0 Å². The molecule has 0 spiro atoms. The van der Waals surface area contributed by atoms with E-state index in [2.05, 4.69) is 5.32 Å². The van der Waals surface area contributed by atoms with Crippen molar-refractivity contribution in [3.63, 3.8) is 0 Å². The second kappa shape index (κ2) is 9.97. The first kappa shape index (κ1) is 19.2. The Morgan fingerprint density at radius 1 is 1.19 bits per heavy atom. The van der Waals surface area contributed by atoms with Gasteiger partial charge in [-0.1, -0.05) is 24.3 Å². The molecule has 0 saturated carbocycles. The predicted octanol–water partition coefficient (Wildman–Crippen LogP) is 4.35. The van der Waals surface area contributed by atoms with Gasteiger partial charge in [-0.25, -0.2) is 0 Å². The predicted molar refractivity (Wildman–Crippen MR) is 105 cm³/mol. The van der Waals surface area contributed by atoms with Crippen LogP contribution >= 0.6 is 0 Å². The lowest BCUT2D eigenvalue weighted by molar-refractivity contribution is -0.116. The van der Waals surface area contributed by atoms with Crippen LogP contribution in [0.5, 0.6) is 11.5 Å². The van der Waals surface area contributed by atoms with Gasteiger partial charge in [-0.15, -0.1) is 0 Å². The molecule has 0 aromatic heterocycles. The minimum absolute atomic E-state index is 0.0281. The molecule has 5 nitrogen and oxygen atoms in total. The normalized spacial score (nSPS) is 16.1. The van der Waals surface area contributed by atoms with Crippen LogP contribution in [0.1, 0.15) is 31.2 Å². The van der Waals surface area contributed by atoms with Crippen molar-refractivity contribution in [2.24, 2.45) is 0 Å². The zero-order chi connectivity index (χ0) is 18.9. The lowest BCUT2D eigenvalue weighted by Gasteiger charge is -2.13. The first-order chi connectivity index (χ1) is 13.2. The summed E-state index contributed by atoms with van der Waals surface area (Å²) in [5.74, 6) is 1.58. The molecule has 2 aromatic carbocycles. The lowest BCUT2D eigenvalue weighted by atomic mass is 10.2. The Morgan fingerprint density at radius 2 is 2.07 bits per heavy atom. The van der Waals surface area contributed by atoms with E-state index in [-0.39, 0.29) is 12.0 Å². The van der Waals surface area contributed by atoms with Crippen molar-refractivity contribution in [2.75, 3.05) is 25.1 Å². The molecule has 0 radical (unpaired) electrons. The summed E-state index contributed by atoms with van der Waals surface area (Å²) in [6.45, 7) is 3.89. The Balaban J connectivity index is 1.38. The molecule has 0 aliphatic carbocycles. The van der Waals surface area contributed by atoms with E-state index in [1.165, 1.54) is 0 Å². The van der Waals surface area contributed by atoms with Gasteiger partial charge in [0.2, 0.25) is 5.91 Å². The zero-order valence-corrected chi connectivity index (χ0v) is 15.8. The highest BCUT2D eigenvalue weighted by molar-refractivity contribution is 5.90. The second-order valence-electron chi connectivity index (χ2n) is 6.74. The molecule has 1 atom stereocenters. The molecule has 3 rings (SSSR count). The van der Waals surface area contributed by atoms with Crippen molar-refractivity contribution in [1.29, 1.82) is 0 Å². The van der Waals surface area contributed by atoms with Gasteiger partial charge in [0.05, 0.1) is 12.7 Å². The third-order valence-corrected chi connectivity index (χ3v) is 4.48. The van der Waals surface area contributed by atoms with E-state index >= 15 is 0 Å². The maximum Gasteiger partial charge on any atom is 0.224 e. The number of carbonyl (C=O) groups excluding carboxylic acids is 1. The first-order valence-corrected chi connectivity index (χ1v) is 9.53. The molecule has 1 heterocycles. The van der Waals surface area contributed by atoms with E-state index in [4.69, 9.17) is 14.2 Å². The number of amides is 1. The van der Waals surface area contributed by atoms with Gasteiger partial charge < -0.3 is 19.5 Å². The van der Waals surface area contributed by atoms with Gasteiger partial charge in [0.25, 0.3) is 0 Å². The van der Waals surface area contributed by atoms with E-state index in [0.717, 1.165) is 42.2 Å². The van der Waals surface area contributed by atoms with Crippen molar-refractivity contribution in [3.8, 4) is 11.5 Å². The van der Waals surface area contributed by atoms with Crippen molar-refractivity contribution < 1.29 is 19.0 Å². The van der Waals surface area contributed by atoms with Crippen molar-refractivity contribution >= 4 is 11.6 Å². The van der Waals surface area contributed by atoms with Crippen LogP contribution in [0.15, 0.2) is 48.5 Å². The van der Waals surface area contributed by atoms with Gasteiger partial charge in [0.15, 0.2) is 0 Å². The highest BCUT2D eigenvalue weighted by atomic mass is 16.5. The smallest absolute Gasteiger partial charge is 0.224 e. The second-order valence-corrected chi connectivity index (χ2v) is 6.74. The number of para-hydroxylation sites is 1. The van der Waals surface area contributed by atoms with Gasteiger partial charge in [-0.3, -0.25) is 4.79 Å². The Kier molecular flexibility index (Phi) is 7.11. The van der Waals surface area contributed by atoms with Crippen LogP contribution in [-0.2, 0) is 9.53 Å². The number of hydrogen-bond donors (Lipinski definition) is 1. The summed E-state index contributed by atoms with van der Waals surface area (Å²) in [7, 11) is 0. The highest BCUT2D eigenvalue weighted by Gasteiger charge is 2.16. The van der Waals surface area contributed by atoms with Crippen LogP contribution < -0.4 is 14.8 Å². The molecule has 144 valence electrons. The van der Waals surface area contributed by atoms with Gasteiger partial charge in [0, 0.05) is 24.8 Å². The molecule has 1 amide bonds. The van der Waals surface area contributed by atoms with Crippen LogP contribution in [-0.4, -0.2) is 31.8 Å². The Hall–Kier alpha value is -2.53. The summed E-state index contributed by atoms with van der Waals surface area (Å²) < 4.78 is 17.1. The van der Waals surface area contributed by atoms with Gasteiger partial charge in [0.1, 0.15) is 18.1 Å². The van der Waals surface area contributed by atoms with Gasteiger partial charge in [-0.2, -0.15) is 0 Å². The van der Waals surface area contributed by atoms with Crippen LogP contribution in [0.2, 0.25) is 0 Å². The molecule has 1 saturated heterocycles. The molecule has 1 aliphatic rings. The topological polar surface area (TPSA) is 56.8 Å². The first-order valence-electron chi connectivity index (χ1n) is 9.53. The van der Waals surface area contributed by atoms with Gasteiger partial charge in [-0.05, 0) is 49.9 Å². The summed E-state index contributed by atoms with van der Waals surface area (Å²) in [5, 5.41) is 2.91. The summed E-state index contributed by atoms with van der Waals surface area (Å²) in [6.07, 6.45) is 3.39. The maximum absolute atomic E-state index is 12.1. The number of aryl methyl sites for hydroxylation is 1. The fraction of sp³-hybridized carbons (Fsp3) is 0.409. The Bertz CT molecular complexity index is 741. The average molecular weight is 369 g/mol. The fourth-order valence-corrected chi connectivity index (χ4v) is 2.99. The highest BCUT2D eigenvalue weighted by Crippen LogP contribution is 2.20. The Labute approximate surface area is 160 Å². The summed E-state index contributed by atoms with van der Waals surface area (Å²) in [5.41, 5.74) is 1.84. The zero-order valence-electron chi connectivity index (χ0n) is 15.8. The number of benzene rings is 2. The number of ether oxygens (including phenoxy) is 3. The molecular weight excluding hydrogens is 342 g/mol. The van der Waals surface area contributed by atoms with E-state index in [1.54, 1.807) is 0 Å². The monoisotopic (exact) mass is 369 g/mol. The van der Waals surface area contributed by atoms with Crippen LogP contribution in [0.25, 0.3) is 0 Å². The number of nitrogens with one attached hydrogen (secondary N) is 1. The number of rotatable bonds is 9. The molecule has 1 unspecified atom stereocenters. The fourth-order valence-electron chi connectivity index (χ4n) is 2.99. The molecule has 1 N–H and O–H groups in total. The van der Waals surface area contributed by atoms with Crippen molar-refractivity contribution in [1.82, 2.24) is 0 Å². The SMILES string of the molecule is Cc1ccccc1OCCCC(=O)Nc1cccc(OCC2CCCO2)c1. The van der Waals surface area contributed by atoms with Crippen LogP contribution in [0.3, 0.4) is 0 Å². The third-order valence-electron chi connectivity index (χ3n) is 4.48.